The second-order valence-corrected chi connectivity index (χ2v) is 2.51. The summed E-state index contributed by atoms with van der Waals surface area (Å²) in [6.45, 7) is 9.34. The predicted octanol–water partition coefficient (Wildman–Crippen LogP) is 1.50. The van der Waals surface area contributed by atoms with E-state index in [0.29, 0.717) is 0 Å². The maximum atomic E-state index is 3.31. The van der Waals surface area contributed by atoms with Crippen molar-refractivity contribution >= 4 is 0 Å². The van der Waals surface area contributed by atoms with Crippen molar-refractivity contribution in [1.29, 1.82) is 0 Å². The lowest BCUT2D eigenvalue weighted by molar-refractivity contribution is 0.618. The van der Waals surface area contributed by atoms with E-state index in [9.17, 15) is 0 Å². The van der Waals surface area contributed by atoms with Crippen molar-refractivity contribution in [1.82, 2.24) is 10.6 Å². The molecule has 66 valence electrons. The van der Waals surface area contributed by atoms with Gasteiger partial charge in [0.2, 0.25) is 0 Å². The summed E-state index contributed by atoms with van der Waals surface area (Å²) in [5, 5.41) is 6.52. The summed E-state index contributed by atoms with van der Waals surface area (Å²) >= 11 is 0. The molecule has 0 fully saturated rings. The molecule has 0 heterocycles. The van der Waals surface area contributed by atoms with E-state index < -0.39 is 0 Å². The first-order valence-corrected chi connectivity index (χ1v) is 4.40. The summed E-state index contributed by atoms with van der Waals surface area (Å²) in [7, 11) is 0. The molecule has 2 N–H and O–H groups in total. The Bertz CT molecular complexity index is 108. The molecule has 0 unspecified atom stereocenters. The molecule has 0 saturated heterocycles. The van der Waals surface area contributed by atoms with E-state index in [4.69, 9.17) is 0 Å². The Morgan fingerprint density at radius 1 is 1.27 bits per heavy atom. The summed E-state index contributed by atoms with van der Waals surface area (Å²) in [5.41, 5.74) is 1.47. The Kier molecular flexibility index (Phi) is 7.52. The summed E-state index contributed by atoms with van der Waals surface area (Å²) in [6.07, 6.45) is 3.33. The molecular formula is C9H20N2. The van der Waals surface area contributed by atoms with Gasteiger partial charge in [-0.15, -0.1) is 0 Å². The van der Waals surface area contributed by atoms with Crippen molar-refractivity contribution in [3.05, 3.63) is 11.6 Å². The normalized spacial score (nSPS) is 12.1. The molecule has 0 aliphatic rings. The summed E-state index contributed by atoms with van der Waals surface area (Å²) in [6, 6.07) is 0. The van der Waals surface area contributed by atoms with Crippen molar-refractivity contribution in [3.63, 3.8) is 0 Å². The average molecular weight is 156 g/mol. The smallest absolute Gasteiger partial charge is 0.0456 e. The molecule has 2 heteroatoms. The average Bonchev–Trinajstić information content (AvgIpc) is 2.05. The molecule has 0 radical (unpaired) electrons. The van der Waals surface area contributed by atoms with E-state index in [-0.39, 0.29) is 0 Å². The molecule has 0 aliphatic heterocycles. The Hall–Kier alpha value is -0.340. The second kappa shape index (κ2) is 7.76. The van der Waals surface area contributed by atoms with Gasteiger partial charge >= 0.3 is 0 Å². The monoisotopic (exact) mass is 156 g/mol. The van der Waals surface area contributed by atoms with E-state index in [1.54, 1.807) is 0 Å². The predicted molar refractivity (Wildman–Crippen MR) is 50.6 cm³/mol. The van der Waals surface area contributed by atoms with Crippen LogP contribution in [0, 0.1) is 0 Å². The van der Waals surface area contributed by atoms with Crippen molar-refractivity contribution in [2.45, 2.75) is 27.2 Å². The number of allylic oxidation sites excluding steroid dienone is 1. The van der Waals surface area contributed by atoms with Crippen LogP contribution in [-0.2, 0) is 0 Å². The minimum atomic E-state index is 0.911. The van der Waals surface area contributed by atoms with Crippen LogP contribution in [0.1, 0.15) is 27.2 Å². The zero-order valence-corrected chi connectivity index (χ0v) is 7.91. The molecule has 0 saturated carbocycles. The third kappa shape index (κ3) is 6.07. The topological polar surface area (TPSA) is 24.1 Å². The number of hydrogen-bond donors (Lipinski definition) is 2. The molecule has 0 spiro atoms. The molecule has 0 atom stereocenters. The molecule has 0 bridgehead atoms. The van der Waals surface area contributed by atoms with Gasteiger partial charge in [0.05, 0.1) is 0 Å². The van der Waals surface area contributed by atoms with Crippen LogP contribution >= 0.6 is 0 Å². The van der Waals surface area contributed by atoms with Crippen LogP contribution in [0.15, 0.2) is 11.6 Å². The van der Waals surface area contributed by atoms with Gasteiger partial charge in [0.15, 0.2) is 0 Å². The van der Waals surface area contributed by atoms with Gasteiger partial charge in [0.1, 0.15) is 0 Å². The van der Waals surface area contributed by atoms with Crippen LogP contribution in [0.25, 0.3) is 0 Å². The highest BCUT2D eigenvalue weighted by Gasteiger charge is 1.89. The minimum Gasteiger partial charge on any atom is -0.305 e. The highest BCUT2D eigenvalue weighted by Crippen LogP contribution is 1.96. The van der Waals surface area contributed by atoms with Crippen molar-refractivity contribution in [2.75, 3.05) is 19.8 Å². The first-order chi connectivity index (χ1) is 5.35. The molecule has 0 aromatic heterocycles. The van der Waals surface area contributed by atoms with Crippen LogP contribution in [0.3, 0.4) is 0 Å². The van der Waals surface area contributed by atoms with Crippen LogP contribution in [0.4, 0.5) is 0 Å². The summed E-state index contributed by atoms with van der Waals surface area (Å²) in [5.74, 6) is 0. The number of rotatable bonds is 6. The molecule has 0 aromatic rings. The fraction of sp³-hybridized carbons (Fsp3) is 0.778. The highest BCUT2D eigenvalue weighted by molar-refractivity contribution is 5.00. The van der Waals surface area contributed by atoms with E-state index in [1.165, 1.54) is 5.57 Å². The molecule has 0 aromatic carbocycles. The van der Waals surface area contributed by atoms with Gasteiger partial charge in [-0.3, -0.25) is 0 Å². The van der Waals surface area contributed by atoms with Crippen LogP contribution in [0.5, 0.6) is 0 Å². The molecule has 0 aliphatic carbocycles. The van der Waals surface area contributed by atoms with E-state index in [0.717, 1.165) is 26.2 Å². The van der Waals surface area contributed by atoms with Crippen LogP contribution in [-0.4, -0.2) is 19.8 Å². The zero-order chi connectivity index (χ0) is 8.53. The van der Waals surface area contributed by atoms with Gasteiger partial charge < -0.3 is 10.6 Å². The Balaban J connectivity index is 3.22. The lowest BCUT2D eigenvalue weighted by atomic mass is 10.2. The Morgan fingerprint density at radius 3 is 2.45 bits per heavy atom. The van der Waals surface area contributed by atoms with Crippen molar-refractivity contribution < 1.29 is 0 Å². The molecule has 11 heavy (non-hydrogen) atoms. The first kappa shape index (κ1) is 10.7. The van der Waals surface area contributed by atoms with Crippen LogP contribution in [0.2, 0.25) is 0 Å². The Labute approximate surface area is 70.1 Å². The quantitative estimate of drug-likeness (QED) is 0.346. The molecular weight excluding hydrogens is 136 g/mol. The van der Waals surface area contributed by atoms with Gasteiger partial charge in [0.25, 0.3) is 0 Å². The third-order valence-corrected chi connectivity index (χ3v) is 1.71. The SMILES string of the molecule is C/C=C(\CC)CNCNCC. The standard InChI is InChI=1S/C9H20N2/c1-4-9(5-2)7-11-8-10-6-3/h4,10-11H,5-8H2,1-3H3/b9-4+. The lowest BCUT2D eigenvalue weighted by Gasteiger charge is -2.06. The van der Waals surface area contributed by atoms with Gasteiger partial charge in [-0.1, -0.05) is 25.5 Å². The molecule has 2 nitrogen and oxygen atoms in total. The third-order valence-electron chi connectivity index (χ3n) is 1.71. The maximum absolute atomic E-state index is 3.31. The maximum Gasteiger partial charge on any atom is 0.0456 e. The van der Waals surface area contributed by atoms with Crippen LogP contribution < -0.4 is 10.6 Å². The fourth-order valence-corrected chi connectivity index (χ4v) is 0.868. The van der Waals surface area contributed by atoms with Crippen molar-refractivity contribution in [3.8, 4) is 0 Å². The second-order valence-electron chi connectivity index (χ2n) is 2.51. The first-order valence-electron chi connectivity index (χ1n) is 4.40. The number of nitrogens with one attached hydrogen (secondary N) is 2. The molecule has 0 rings (SSSR count). The van der Waals surface area contributed by atoms with E-state index in [2.05, 4.69) is 37.5 Å². The van der Waals surface area contributed by atoms with Gasteiger partial charge in [-0.2, -0.15) is 0 Å². The molecule has 0 amide bonds. The van der Waals surface area contributed by atoms with Crippen molar-refractivity contribution in [2.24, 2.45) is 0 Å². The van der Waals surface area contributed by atoms with Gasteiger partial charge in [-0.05, 0) is 19.9 Å². The minimum absolute atomic E-state index is 0.911. The zero-order valence-electron chi connectivity index (χ0n) is 7.91. The summed E-state index contributed by atoms with van der Waals surface area (Å²) < 4.78 is 0. The lowest BCUT2D eigenvalue weighted by Crippen LogP contribution is -2.29. The fourth-order valence-electron chi connectivity index (χ4n) is 0.868. The van der Waals surface area contributed by atoms with Gasteiger partial charge in [-0.25, -0.2) is 0 Å². The van der Waals surface area contributed by atoms with E-state index >= 15 is 0 Å². The highest BCUT2D eigenvalue weighted by atomic mass is 15.0. The largest absolute Gasteiger partial charge is 0.305 e. The summed E-state index contributed by atoms with van der Waals surface area (Å²) in [4.78, 5) is 0. The van der Waals surface area contributed by atoms with E-state index in [1.807, 2.05) is 0 Å². The number of hydrogen-bond acceptors (Lipinski definition) is 2. The Morgan fingerprint density at radius 2 is 2.00 bits per heavy atom. The van der Waals surface area contributed by atoms with Gasteiger partial charge in [0, 0.05) is 13.2 Å².